The zero-order valence-corrected chi connectivity index (χ0v) is 15.5. The molecule has 2 aromatic carbocycles. The van der Waals surface area contributed by atoms with Crippen LogP contribution in [0.2, 0.25) is 0 Å². The van der Waals surface area contributed by atoms with Crippen LogP contribution in [0.5, 0.6) is 0 Å². The van der Waals surface area contributed by atoms with E-state index in [1.165, 1.54) is 0 Å². The van der Waals surface area contributed by atoms with Crippen LogP contribution in [0.1, 0.15) is 52.0 Å². The van der Waals surface area contributed by atoms with Gasteiger partial charge in [-0.15, -0.1) is 0 Å². The molecule has 28 heavy (non-hydrogen) atoms. The zero-order valence-electron chi connectivity index (χ0n) is 15.5. The van der Waals surface area contributed by atoms with Gasteiger partial charge in [0, 0.05) is 0 Å². The summed E-state index contributed by atoms with van der Waals surface area (Å²) in [5, 5.41) is 0.658. The van der Waals surface area contributed by atoms with Gasteiger partial charge in [0.2, 0.25) is 0 Å². The normalized spacial score (nSPS) is 27.9. The fourth-order valence-electron chi connectivity index (χ4n) is 5.37. The molecule has 2 saturated carbocycles. The lowest BCUT2D eigenvalue weighted by Crippen LogP contribution is -2.44. The number of amides is 2. The summed E-state index contributed by atoms with van der Waals surface area (Å²) in [6, 6.07) is 16.5. The molecule has 1 heterocycles. The molecule has 3 unspecified atom stereocenters. The molecule has 0 spiro atoms. The van der Waals surface area contributed by atoms with Gasteiger partial charge in [-0.3, -0.25) is 9.59 Å². The van der Waals surface area contributed by atoms with Crippen molar-refractivity contribution >= 4 is 17.8 Å². The Kier molecular flexibility index (Phi) is 3.86. The molecule has 3 aliphatic rings. The highest BCUT2D eigenvalue weighted by Gasteiger charge is 2.57. The van der Waals surface area contributed by atoms with Crippen LogP contribution in [-0.2, 0) is 16.1 Å². The Morgan fingerprint density at radius 2 is 1.61 bits per heavy atom. The van der Waals surface area contributed by atoms with E-state index in [1.807, 2.05) is 30.3 Å². The van der Waals surface area contributed by atoms with Gasteiger partial charge in [0.05, 0.1) is 16.5 Å². The smallest absolute Gasteiger partial charge is 0.329 e. The first-order chi connectivity index (χ1) is 13.6. The third kappa shape index (κ3) is 2.49. The molecule has 5 heteroatoms. The predicted molar refractivity (Wildman–Crippen MR) is 101 cm³/mol. The molecule has 0 radical (unpaired) electrons. The minimum atomic E-state index is -0.667. The minimum Gasteiger partial charge on any atom is -0.329 e. The van der Waals surface area contributed by atoms with Gasteiger partial charge in [-0.25, -0.2) is 4.79 Å². The number of rotatable bonds is 4. The zero-order chi connectivity index (χ0) is 19.3. The van der Waals surface area contributed by atoms with Crippen LogP contribution < -0.4 is 0 Å². The summed E-state index contributed by atoms with van der Waals surface area (Å²) in [6.45, 7) is 0. The second-order valence-electron chi connectivity index (χ2n) is 8.23. The van der Waals surface area contributed by atoms with Crippen LogP contribution in [0.15, 0.2) is 54.6 Å². The highest BCUT2D eigenvalue weighted by Crippen LogP contribution is 2.58. The Labute approximate surface area is 163 Å². The SMILES string of the molecule is O=C1c2ccccc2C(=O)N1OC(=O)C1(Cc2ccccc2)CC2CCC1C2. The molecule has 3 atom stereocenters. The first-order valence-corrected chi connectivity index (χ1v) is 9.82. The number of carbonyl (C=O) groups is 3. The Morgan fingerprint density at radius 1 is 0.964 bits per heavy atom. The number of carbonyl (C=O) groups excluding carboxylic acids is 3. The van der Waals surface area contributed by atoms with Crippen molar-refractivity contribution in [3.63, 3.8) is 0 Å². The van der Waals surface area contributed by atoms with E-state index in [-0.39, 0.29) is 17.0 Å². The molecule has 142 valence electrons. The first kappa shape index (κ1) is 17.2. The lowest BCUT2D eigenvalue weighted by atomic mass is 9.69. The topological polar surface area (TPSA) is 63.7 Å². The Bertz CT molecular complexity index is 935. The van der Waals surface area contributed by atoms with E-state index < -0.39 is 23.2 Å². The summed E-state index contributed by atoms with van der Waals surface area (Å²) in [5.74, 6) is -0.819. The number of hydroxylamine groups is 2. The maximum atomic E-state index is 13.4. The predicted octanol–water partition coefficient (Wildman–Crippen LogP) is 3.79. The summed E-state index contributed by atoms with van der Waals surface area (Å²) in [5.41, 5.74) is 0.977. The standard InChI is InChI=1S/C23H21NO4/c25-20-18-8-4-5-9-19(18)21(26)24(20)28-22(27)23(13-15-6-2-1-3-7-15)14-16-10-11-17(23)12-16/h1-9,16-17H,10-14H2. The molecule has 2 aromatic rings. The average Bonchev–Trinajstić information content (AvgIpc) is 3.39. The lowest BCUT2D eigenvalue weighted by molar-refractivity contribution is -0.185. The molecule has 1 aliphatic heterocycles. The molecule has 5 nitrogen and oxygen atoms in total. The van der Waals surface area contributed by atoms with E-state index >= 15 is 0 Å². The second kappa shape index (κ2) is 6.30. The van der Waals surface area contributed by atoms with E-state index in [9.17, 15) is 14.4 Å². The molecule has 2 fully saturated rings. The quantitative estimate of drug-likeness (QED) is 0.763. The summed E-state index contributed by atoms with van der Waals surface area (Å²) < 4.78 is 0. The molecule has 5 rings (SSSR count). The molecule has 0 N–H and O–H groups in total. The molecule has 2 amide bonds. The Morgan fingerprint density at radius 3 is 2.18 bits per heavy atom. The summed E-state index contributed by atoms with van der Waals surface area (Å²) in [4.78, 5) is 44.1. The summed E-state index contributed by atoms with van der Waals surface area (Å²) in [7, 11) is 0. The van der Waals surface area contributed by atoms with Crippen LogP contribution in [0.4, 0.5) is 0 Å². The van der Waals surface area contributed by atoms with Crippen LogP contribution in [-0.4, -0.2) is 22.8 Å². The van der Waals surface area contributed by atoms with Gasteiger partial charge < -0.3 is 4.84 Å². The lowest BCUT2D eigenvalue weighted by Gasteiger charge is -2.36. The van der Waals surface area contributed by atoms with Gasteiger partial charge in [0.1, 0.15) is 0 Å². The number of fused-ring (bicyclic) bond motifs is 3. The van der Waals surface area contributed by atoms with Crippen molar-refractivity contribution in [1.82, 2.24) is 5.06 Å². The number of nitrogens with zero attached hydrogens (tertiary/aromatic N) is 1. The van der Waals surface area contributed by atoms with Crippen LogP contribution in [0, 0.1) is 17.3 Å². The van der Waals surface area contributed by atoms with Crippen molar-refractivity contribution in [3.8, 4) is 0 Å². The van der Waals surface area contributed by atoms with Crippen LogP contribution in [0.3, 0.4) is 0 Å². The van der Waals surface area contributed by atoms with E-state index in [1.54, 1.807) is 24.3 Å². The van der Waals surface area contributed by atoms with E-state index in [0.29, 0.717) is 17.4 Å². The maximum absolute atomic E-state index is 13.4. The summed E-state index contributed by atoms with van der Waals surface area (Å²) in [6.07, 6.45) is 4.49. The fourth-order valence-corrected chi connectivity index (χ4v) is 5.37. The molecule has 2 bridgehead atoms. The van der Waals surface area contributed by atoms with Crippen molar-refractivity contribution in [2.45, 2.75) is 32.1 Å². The number of hydrogen-bond acceptors (Lipinski definition) is 4. The van der Waals surface area contributed by atoms with Crippen molar-refractivity contribution in [3.05, 3.63) is 71.3 Å². The van der Waals surface area contributed by atoms with Gasteiger partial charge in [-0.05, 0) is 55.2 Å². The summed E-state index contributed by atoms with van der Waals surface area (Å²) >= 11 is 0. The van der Waals surface area contributed by atoms with Crippen LogP contribution >= 0.6 is 0 Å². The third-order valence-electron chi connectivity index (χ3n) is 6.68. The number of benzene rings is 2. The largest absolute Gasteiger partial charge is 0.339 e. The second-order valence-corrected chi connectivity index (χ2v) is 8.23. The molecule has 0 saturated heterocycles. The molecular weight excluding hydrogens is 354 g/mol. The van der Waals surface area contributed by atoms with Gasteiger partial charge in [-0.1, -0.05) is 53.9 Å². The maximum Gasteiger partial charge on any atom is 0.339 e. The number of hydrogen-bond donors (Lipinski definition) is 0. The highest BCUT2D eigenvalue weighted by atomic mass is 16.7. The van der Waals surface area contributed by atoms with E-state index in [0.717, 1.165) is 31.2 Å². The van der Waals surface area contributed by atoms with Gasteiger partial charge >= 0.3 is 5.97 Å². The monoisotopic (exact) mass is 375 g/mol. The minimum absolute atomic E-state index is 0.236. The molecular formula is C23H21NO4. The van der Waals surface area contributed by atoms with Gasteiger partial charge in [-0.2, -0.15) is 0 Å². The molecule has 2 aliphatic carbocycles. The van der Waals surface area contributed by atoms with E-state index in [2.05, 4.69) is 0 Å². The van der Waals surface area contributed by atoms with Crippen molar-refractivity contribution < 1.29 is 19.2 Å². The van der Waals surface area contributed by atoms with Crippen LogP contribution in [0.25, 0.3) is 0 Å². The van der Waals surface area contributed by atoms with Crippen molar-refractivity contribution in [2.24, 2.45) is 17.3 Å². The molecule has 0 aromatic heterocycles. The third-order valence-corrected chi connectivity index (χ3v) is 6.68. The van der Waals surface area contributed by atoms with Gasteiger partial charge in [0.15, 0.2) is 0 Å². The first-order valence-electron chi connectivity index (χ1n) is 9.82. The average molecular weight is 375 g/mol. The van der Waals surface area contributed by atoms with E-state index in [4.69, 9.17) is 4.84 Å². The number of imide groups is 1. The van der Waals surface area contributed by atoms with Crippen molar-refractivity contribution in [1.29, 1.82) is 0 Å². The highest BCUT2D eigenvalue weighted by molar-refractivity contribution is 6.20. The Hall–Kier alpha value is -2.95. The Balaban J connectivity index is 1.44. The van der Waals surface area contributed by atoms with Gasteiger partial charge in [0.25, 0.3) is 11.8 Å². The fraction of sp³-hybridized carbons (Fsp3) is 0.348. The van der Waals surface area contributed by atoms with Crippen molar-refractivity contribution in [2.75, 3.05) is 0 Å².